The van der Waals surface area contributed by atoms with Crippen LogP contribution in [0.2, 0.25) is 16.6 Å². The molecule has 0 fully saturated rings. The third-order valence-electron chi connectivity index (χ3n) is 7.27. The lowest BCUT2D eigenvalue weighted by Crippen LogP contribution is -2.43. The topological polar surface area (TPSA) is 91.9 Å². The Bertz CT molecular complexity index is 1470. The van der Waals surface area contributed by atoms with Gasteiger partial charge >= 0.3 is 6.09 Å². The molecular weight excluding hydrogens is 527 g/mol. The van der Waals surface area contributed by atoms with Crippen molar-refractivity contribution in [1.29, 1.82) is 0 Å². The third-order valence-corrected chi connectivity index (χ3v) is 14.1. The lowest BCUT2D eigenvalue weighted by molar-refractivity contribution is 0.0531. The Morgan fingerprint density at radius 1 is 1.10 bits per heavy atom. The van der Waals surface area contributed by atoms with E-state index < -0.39 is 19.8 Å². The Morgan fingerprint density at radius 3 is 2.26 bits per heavy atom. The van der Waals surface area contributed by atoms with E-state index in [1.807, 2.05) is 6.26 Å². The predicted octanol–water partition coefficient (Wildman–Crippen LogP) is 6.42. The number of carbonyl (C=O) groups excluding carboxylic acids is 1. The quantitative estimate of drug-likeness (QED) is 0.147. The molecule has 0 aromatic carbocycles. The van der Waals surface area contributed by atoms with Crippen LogP contribution in [0.25, 0.3) is 11.0 Å². The van der Waals surface area contributed by atoms with Crippen molar-refractivity contribution in [2.75, 3.05) is 6.26 Å². The fourth-order valence-electron chi connectivity index (χ4n) is 5.43. The Hall–Kier alpha value is -2.90. The molecule has 0 aliphatic carbocycles. The summed E-state index contributed by atoms with van der Waals surface area (Å²) in [5.41, 5.74) is 5.92. The first-order valence-electron chi connectivity index (χ1n) is 13.4. The summed E-state index contributed by atoms with van der Waals surface area (Å²) < 4.78 is 8.42. The number of ether oxygens (including phenoxy) is 1. The minimum Gasteiger partial charge on any atom is -0.443 e. The molecule has 3 rings (SSSR count). The van der Waals surface area contributed by atoms with Crippen LogP contribution >= 0.6 is 11.8 Å². The van der Waals surface area contributed by atoms with Crippen LogP contribution in [-0.4, -0.2) is 50.1 Å². The zero-order chi connectivity index (χ0) is 29.3. The van der Waals surface area contributed by atoms with E-state index in [0.717, 1.165) is 0 Å². The van der Waals surface area contributed by atoms with E-state index in [0.29, 0.717) is 49.8 Å². The second-order valence-electron chi connectivity index (χ2n) is 11.8. The van der Waals surface area contributed by atoms with E-state index in [-0.39, 0.29) is 12.1 Å². The zero-order valence-electron chi connectivity index (χ0n) is 25.0. The molecule has 8 nitrogen and oxygen atoms in total. The van der Waals surface area contributed by atoms with Crippen LogP contribution in [0.5, 0.6) is 0 Å². The maximum absolute atomic E-state index is 13.9. The summed E-state index contributed by atoms with van der Waals surface area (Å²) in [6.07, 6.45) is 6.16. The van der Waals surface area contributed by atoms with E-state index in [9.17, 15) is 9.59 Å². The SMILES string of the molecule is CSc1ncc2c(C#C[Si](C(C)C)(C(C)C)C(C)C)c(C)c(=O)n(Cc3nccn3C(=O)OC(C)(C)C)c2n1. The molecule has 0 aliphatic heterocycles. The summed E-state index contributed by atoms with van der Waals surface area (Å²) in [5, 5.41) is 1.26. The minimum absolute atomic E-state index is 0.0453. The number of aromatic nitrogens is 5. The Kier molecular flexibility index (Phi) is 9.18. The van der Waals surface area contributed by atoms with Gasteiger partial charge in [0.05, 0.1) is 11.9 Å². The van der Waals surface area contributed by atoms with Crippen molar-refractivity contribution < 1.29 is 9.53 Å². The molecule has 210 valence electrons. The fraction of sp³-hybridized carbons (Fsp3) is 0.552. The molecule has 10 heteroatoms. The molecule has 0 amide bonds. The van der Waals surface area contributed by atoms with Crippen molar-refractivity contribution in [2.45, 2.75) is 103 Å². The number of imidazole rings is 1. The second kappa shape index (κ2) is 11.7. The van der Waals surface area contributed by atoms with Gasteiger partial charge in [-0.15, -0.1) is 5.54 Å². The largest absolute Gasteiger partial charge is 0.443 e. The first-order chi connectivity index (χ1) is 18.1. The number of pyridine rings is 1. The smallest absolute Gasteiger partial charge is 0.420 e. The van der Waals surface area contributed by atoms with E-state index in [2.05, 4.69) is 63.0 Å². The minimum atomic E-state index is -2.04. The monoisotopic (exact) mass is 567 g/mol. The molecule has 0 atom stereocenters. The highest BCUT2D eigenvalue weighted by molar-refractivity contribution is 7.98. The van der Waals surface area contributed by atoms with E-state index >= 15 is 0 Å². The van der Waals surface area contributed by atoms with Crippen LogP contribution in [0.3, 0.4) is 0 Å². The van der Waals surface area contributed by atoms with Gasteiger partial charge in [0, 0.05) is 29.7 Å². The summed E-state index contributed by atoms with van der Waals surface area (Å²) in [6, 6.07) is 0. The zero-order valence-corrected chi connectivity index (χ0v) is 26.9. The van der Waals surface area contributed by atoms with Gasteiger partial charge in [-0.25, -0.2) is 24.3 Å². The average Bonchev–Trinajstić information content (AvgIpc) is 3.30. The molecule has 0 radical (unpaired) electrons. The van der Waals surface area contributed by atoms with Crippen molar-refractivity contribution in [1.82, 2.24) is 24.1 Å². The van der Waals surface area contributed by atoms with Crippen LogP contribution in [0.4, 0.5) is 4.79 Å². The molecule has 0 spiro atoms. The number of thioether (sulfide) groups is 1. The molecule has 3 aromatic rings. The van der Waals surface area contributed by atoms with Crippen LogP contribution in [0.1, 0.15) is 79.3 Å². The van der Waals surface area contributed by atoms with Crippen molar-refractivity contribution in [3.8, 4) is 11.5 Å². The lowest BCUT2D eigenvalue weighted by Gasteiger charge is -2.38. The fourth-order valence-corrected chi connectivity index (χ4v) is 11.0. The average molecular weight is 568 g/mol. The predicted molar refractivity (Wildman–Crippen MR) is 161 cm³/mol. The van der Waals surface area contributed by atoms with E-state index in [1.54, 1.807) is 44.7 Å². The standard InChI is InChI=1S/C29H41N5O3SSi/c1-18(2)39(19(3)4,20(5)6)15-12-22-21(7)26(35)34(25-23(22)16-31-27(32-25)38-11)17-24-30-13-14-33(24)28(36)37-29(8,9)10/h13-14,16,18-20H,17H2,1-11H3. The number of nitrogens with zero attached hydrogens (tertiary/aromatic N) is 5. The highest BCUT2D eigenvalue weighted by Gasteiger charge is 2.41. The number of rotatable bonds is 6. The number of carbonyl (C=O) groups is 1. The molecule has 0 saturated carbocycles. The normalized spacial score (nSPS) is 12.4. The molecule has 0 N–H and O–H groups in total. The van der Waals surface area contributed by atoms with Gasteiger partial charge in [-0.05, 0) is 50.6 Å². The van der Waals surface area contributed by atoms with Gasteiger partial charge in [-0.2, -0.15) is 0 Å². The van der Waals surface area contributed by atoms with Gasteiger partial charge in [0.1, 0.15) is 25.1 Å². The first kappa shape index (κ1) is 30.6. The van der Waals surface area contributed by atoms with Crippen molar-refractivity contribution in [2.24, 2.45) is 0 Å². The van der Waals surface area contributed by atoms with Gasteiger partial charge in [0.25, 0.3) is 5.56 Å². The molecule has 39 heavy (non-hydrogen) atoms. The maximum atomic E-state index is 13.9. The lowest BCUT2D eigenvalue weighted by atomic mass is 10.1. The van der Waals surface area contributed by atoms with Gasteiger partial charge in [0.2, 0.25) is 0 Å². The molecule has 3 aromatic heterocycles. The van der Waals surface area contributed by atoms with E-state index in [1.165, 1.54) is 22.5 Å². The Balaban J connectivity index is 2.26. The number of hydrogen-bond acceptors (Lipinski definition) is 7. The summed E-state index contributed by atoms with van der Waals surface area (Å²) in [5.74, 6) is 3.85. The molecule has 0 unspecified atom stereocenters. The summed E-state index contributed by atoms with van der Waals surface area (Å²) in [7, 11) is -2.04. The molecule has 3 heterocycles. The second-order valence-corrected chi connectivity index (χ2v) is 18.2. The molecular formula is C29H41N5O3SSi. The molecule has 0 aliphatic rings. The van der Waals surface area contributed by atoms with Crippen LogP contribution < -0.4 is 5.56 Å². The van der Waals surface area contributed by atoms with Gasteiger partial charge in [0.15, 0.2) is 5.16 Å². The first-order valence-corrected chi connectivity index (χ1v) is 16.8. The highest BCUT2D eigenvalue weighted by Crippen LogP contribution is 2.41. The summed E-state index contributed by atoms with van der Waals surface area (Å²) in [4.78, 5) is 40.3. The number of hydrogen-bond donors (Lipinski definition) is 0. The van der Waals surface area contributed by atoms with Gasteiger partial charge < -0.3 is 4.74 Å². The van der Waals surface area contributed by atoms with Crippen LogP contribution in [0, 0.1) is 18.4 Å². The van der Waals surface area contributed by atoms with E-state index in [4.69, 9.17) is 9.72 Å². The van der Waals surface area contributed by atoms with Crippen molar-refractivity contribution >= 4 is 37.0 Å². The highest BCUT2D eigenvalue weighted by atomic mass is 32.2. The number of fused-ring (bicyclic) bond motifs is 1. The van der Waals surface area contributed by atoms with Crippen LogP contribution in [-0.2, 0) is 11.3 Å². The van der Waals surface area contributed by atoms with Crippen molar-refractivity contribution in [3.05, 3.63) is 45.9 Å². The Morgan fingerprint density at radius 2 is 1.72 bits per heavy atom. The third kappa shape index (κ3) is 6.15. The molecule has 0 bridgehead atoms. The summed E-state index contributed by atoms with van der Waals surface area (Å²) in [6.45, 7) is 20.9. The van der Waals surface area contributed by atoms with Crippen molar-refractivity contribution in [3.63, 3.8) is 0 Å². The van der Waals surface area contributed by atoms with Gasteiger partial charge in [-0.1, -0.05) is 59.2 Å². The maximum Gasteiger partial charge on any atom is 0.420 e. The molecule has 0 saturated heterocycles. The summed E-state index contributed by atoms with van der Waals surface area (Å²) >= 11 is 1.40. The van der Waals surface area contributed by atoms with Gasteiger partial charge in [-0.3, -0.25) is 9.36 Å². The van der Waals surface area contributed by atoms with Crippen LogP contribution in [0.15, 0.2) is 28.5 Å². The Labute approximate surface area is 237 Å².